The lowest BCUT2D eigenvalue weighted by Gasteiger charge is -2.30. The van der Waals surface area contributed by atoms with E-state index in [1.165, 1.54) is 10.8 Å². The molecule has 0 saturated carbocycles. The molecule has 7 nitrogen and oxygen atoms in total. The van der Waals surface area contributed by atoms with E-state index in [0.29, 0.717) is 25.6 Å². The number of likely N-dealkylation sites (tertiary alicyclic amines) is 1. The number of nitriles is 1. The number of aryl methyl sites for hydroxylation is 1. The first-order valence-corrected chi connectivity index (χ1v) is 7.50. The van der Waals surface area contributed by atoms with Crippen LogP contribution in [0.2, 0.25) is 0 Å². The quantitative estimate of drug-likeness (QED) is 0.796. The summed E-state index contributed by atoms with van der Waals surface area (Å²) in [6.07, 6.45) is 3.10. The lowest BCUT2D eigenvalue weighted by molar-refractivity contribution is -0.133. The first kappa shape index (κ1) is 16.0. The smallest absolute Gasteiger partial charge is 0.331 e. The van der Waals surface area contributed by atoms with E-state index in [4.69, 9.17) is 5.26 Å². The molecule has 1 aliphatic rings. The van der Waals surface area contributed by atoms with Gasteiger partial charge in [-0.1, -0.05) is 6.92 Å². The highest BCUT2D eigenvalue weighted by Crippen LogP contribution is 2.15. The van der Waals surface area contributed by atoms with E-state index in [1.54, 1.807) is 17.9 Å². The summed E-state index contributed by atoms with van der Waals surface area (Å²) in [5, 5.41) is 8.99. The molecule has 1 fully saturated rings. The van der Waals surface area contributed by atoms with Crippen molar-refractivity contribution in [1.82, 2.24) is 14.0 Å². The van der Waals surface area contributed by atoms with Gasteiger partial charge >= 0.3 is 5.69 Å². The van der Waals surface area contributed by atoms with Crippen molar-refractivity contribution < 1.29 is 4.79 Å². The Bertz CT molecular complexity index is 718. The van der Waals surface area contributed by atoms with Crippen molar-refractivity contribution in [3.63, 3.8) is 0 Å². The predicted molar refractivity (Wildman–Crippen MR) is 80.3 cm³/mol. The molecule has 1 saturated heterocycles. The molecule has 0 spiro atoms. The molecule has 0 N–H and O–H groups in total. The average molecular weight is 304 g/mol. The van der Waals surface area contributed by atoms with Crippen molar-refractivity contribution in [3.8, 4) is 6.07 Å². The second kappa shape index (κ2) is 6.60. The summed E-state index contributed by atoms with van der Waals surface area (Å²) in [7, 11) is 0. The highest BCUT2D eigenvalue weighted by Gasteiger charge is 2.22. The monoisotopic (exact) mass is 304 g/mol. The van der Waals surface area contributed by atoms with Gasteiger partial charge in [0, 0.05) is 25.8 Å². The fraction of sp³-hybridized carbons (Fsp3) is 0.600. The topological polar surface area (TPSA) is 88.1 Å². The Morgan fingerprint density at radius 2 is 2.00 bits per heavy atom. The Hall–Kier alpha value is -2.36. The third kappa shape index (κ3) is 3.11. The van der Waals surface area contributed by atoms with Crippen molar-refractivity contribution in [3.05, 3.63) is 32.6 Å². The Balaban J connectivity index is 2.29. The summed E-state index contributed by atoms with van der Waals surface area (Å²) in [5.41, 5.74) is -1.37. The molecule has 2 rings (SSSR count). The second-order valence-corrected chi connectivity index (χ2v) is 5.68. The van der Waals surface area contributed by atoms with Crippen LogP contribution in [0.25, 0.3) is 0 Å². The average Bonchev–Trinajstić information content (AvgIpc) is 2.52. The number of piperidine rings is 1. The van der Waals surface area contributed by atoms with Gasteiger partial charge in [-0.25, -0.2) is 9.36 Å². The summed E-state index contributed by atoms with van der Waals surface area (Å²) in [5.74, 6) is 0.342. The maximum atomic E-state index is 12.3. The van der Waals surface area contributed by atoms with Gasteiger partial charge in [0.15, 0.2) is 0 Å². The van der Waals surface area contributed by atoms with E-state index in [1.807, 2.05) is 0 Å². The van der Waals surface area contributed by atoms with Gasteiger partial charge in [-0.15, -0.1) is 0 Å². The van der Waals surface area contributed by atoms with Crippen molar-refractivity contribution in [1.29, 1.82) is 5.26 Å². The van der Waals surface area contributed by atoms with Crippen molar-refractivity contribution in [2.75, 3.05) is 13.1 Å². The van der Waals surface area contributed by atoms with Crippen molar-refractivity contribution >= 4 is 5.91 Å². The molecule has 1 aliphatic heterocycles. The van der Waals surface area contributed by atoms with E-state index in [9.17, 15) is 14.4 Å². The molecule has 0 aliphatic carbocycles. The van der Waals surface area contributed by atoms with Gasteiger partial charge in [0.2, 0.25) is 5.91 Å². The van der Waals surface area contributed by atoms with Crippen LogP contribution in [-0.4, -0.2) is 33.0 Å². The van der Waals surface area contributed by atoms with E-state index in [-0.39, 0.29) is 18.0 Å². The molecule has 0 atom stereocenters. The van der Waals surface area contributed by atoms with Crippen LogP contribution < -0.4 is 11.2 Å². The van der Waals surface area contributed by atoms with E-state index >= 15 is 0 Å². The Kier molecular flexibility index (Phi) is 4.81. The van der Waals surface area contributed by atoms with Crippen LogP contribution in [0.15, 0.2) is 15.8 Å². The maximum Gasteiger partial charge on any atom is 0.331 e. The van der Waals surface area contributed by atoms with Gasteiger partial charge in [0.05, 0.1) is 0 Å². The fourth-order valence-electron chi connectivity index (χ4n) is 2.59. The van der Waals surface area contributed by atoms with Crippen molar-refractivity contribution in [2.24, 2.45) is 5.92 Å². The fourth-order valence-corrected chi connectivity index (χ4v) is 2.59. The molecular formula is C15H20N4O3. The number of nitrogens with zero attached hydrogens (tertiary/aromatic N) is 4. The molecule has 22 heavy (non-hydrogen) atoms. The highest BCUT2D eigenvalue weighted by atomic mass is 16.2. The Morgan fingerprint density at radius 1 is 1.36 bits per heavy atom. The molecule has 0 radical (unpaired) electrons. The third-order valence-corrected chi connectivity index (χ3v) is 4.13. The van der Waals surface area contributed by atoms with E-state index in [2.05, 4.69) is 6.92 Å². The van der Waals surface area contributed by atoms with Gasteiger partial charge in [0.25, 0.3) is 5.56 Å². The molecule has 1 amide bonds. The Labute approximate surface area is 128 Å². The molecule has 1 aromatic rings. The zero-order valence-corrected chi connectivity index (χ0v) is 12.9. The van der Waals surface area contributed by atoms with Crippen LogP contribution in [0.1, 0.15) is 32.3 Å². The Morgan fingerprint density at radius 3 is 2.55 bits per heavy atom. The second-order valence-electron chi connectivity index (χ2n) is 5.68. The maximum absolute atomic E-state index is 12.3. The summed E-state index contributed by atoms with van der Waals surface area (Å²) in [6, 6.07) is 1.78. The van der Waals surface area contributed by atoms with Crippen LogP contribution in [0.3, 0.4) is 0 Å². The lowest BCUT2D eigenvalue weighted by Crippen LogP contribution is -2.46. The van der Waals surface area contributed by atoms with Crippen LogP contribution in [0, 0.1) is 17.2 Å². The number of carbonyl (C=O) groups excluding carboxylic acids is 1. The third-order valence-electron chi connectivity index (χ3n) is 4.13. The number of hydrogen-bond acceptors (Lipinski definition) is 4. The molecule has 1 aromatic heterocycles. The summed E-state index contributed by atoms with van der Waals surface area (Å²) in [6.45, 7) is 5.21. The van der Waals surface area contributed by atoms with Gasteiger partial charge in [-0.05, 0) is 25.7 Å². The number of carbonyl (C=O) groups is 1. The van der Waals surface area contributed by atoms with Gasteiger partial charge in [-0.3, -0.25) is 14.2 Å². The SMILES string of the molecule is CCn1cc(C#N)c(=O)n(CC(=O)N2CCC(C)CC2)c1=O. The zero-order chi connectivity index (χ0) is 16.3. The molecule has 118 valence electrons. The molecule has 2 heterocycles. The summed E-state index contributed by atoms with van der Waals surface area (Å²) < 4.78 is 2.13. The van der Waals surface area contributed by atoms with Crippen LogP contribution in [0.4, 0.5) is 0 Å². The highest BCUT2D eigenvalue weighted by molar-refractivity contribution is 5.76. The summed E-state index contributed by atoms with van der Waals surface area (Å²) >= 11 is 0. The van der Waals surface area contributed by atoms with Crippen LogP contribution in [-0.2, 0) is 17.9 Å². The number of amides is 1. The first-order valence-electron chi connectivity index (χ1n) is 7.50. The first-order chi connectivity index (χ1) is 10.5. The zero-order valence-electron chi connectivity index (χ0n) is 12.9. The summed E-state index contributed by atoms with van der Waals surface area (Å²) in [4.78, 5) is 38.3. The van der Waals surface area contributed by atoms with Crippen LogP contribution in [0.5, 0.6) is 0 Å². The molecule has 7 heteroatoms. The number of aromatic nitrogens is 2. The minimum absolute atomic E-state index is 0.124. The number of hydrogen-bond donors (Lipinski definition) is 0. The minimum atomic E-state index is -0.698. The minimum Gasteiger partial charge on any atom is -0.341 e. The standard InChI is InChI=1S/C15H20N4O3/c1-3-17-9-12(8-16)14(21)19(15(17)22)10-13(20)18-6-4-11(2)5-7-18/h9,11H,3-7,10H2,1-2H3. The van der Waals surface area contributed by atoms with Gasteiger partial charge < -0.3 is 4.90 Å². The van der Waals surface area contributed by atoms with Crippen molar-refractivity contribution in [2.45, 2.75) is 39.8 Å². The van der Waals surface area contributed by atoms with E-state index in [0.717, 1.165) is 17.4 Å². The normalized spacial score (nSPS) is 15.6. The van der Waals surface area contributed by atoms with E-state index < -0.39 is 11.2 Å². The molecular weight excluding hydrogens is 284 g/mol. The molecule has 0 bridgehead atoms. The largest absolute Gasteiger partial charge is 0.341 e. The van der Waals surface area contributed by atoms with Gasteiger partial charge in [0.1, 0.15) is 18.2 Å². The molecule has 0 aromatic carbocycles. The lowest BCUT2D eigenvalue weighted by atomic mass is 9.99. The molecule has 0 unspecified atom stereocenters. The van der Waals surface area contributed by atoms with Gasteiger partial charge in [-0.2, -0.15) is 5.26 Å². The number of rotatable bonds is 3. The van der Waals surface area contributed by atoms with Crippen LogP contribution >= 0.6 is 0 Å². The predicted octanol–water partition coefficient (Wildman–Crippen LogP) is 0.160.